The molecule has 6 nitrogen and oxygen atoms in total. The minimum Gasteiger partial charge on any atom is -0.481 e. The third kappa shape index (κ3) is 7.85. The second kappa shape index (κ2) is 8.17. The summed E-state index contributed by atoms with van der Waals surface area (Å²) < 4.78 is 5.21. The molecule has 0 heterocycles. The summed E-state index contributed by atoms with van der Waals surface area (Å²) in [4.78, 5) is 22.8. The SMILES string of the molecule is CC(C)(C)OC(=O)N[C@@H](Cc1ccc(Cl)cc1)[C@H](N)CC(=O)O. The summed E-state index contributed by atoms with van der Waals surface area (Å²) in [6.45, 7) is 5.24. The van der Waals surface area contributed by atoms with Crippen LogP contribution < -0.4 is 11.1 Å². The van der Waals surface area contributed by atoms with E-state index in [2.05, 4.69) is 5.32 Å². The molecule has 0 radical (unpaired) electrons. The molecule has 0 spiro atoms. The number of carboxylic acid groups (broad SMARTS) is 1. The van der Waals surface area contributed by atoms with E-state index in [0.717, 1.165) is 5.56 Å². The van der Waals surface area contributed by atoms with Gasteiger partial charge in [0.05, 0.1) is 12.5 Å². The number of amides is 1. The van der Waals surface area contributed by atoms with E-state index >= 15 is 0 Å². The average molecular weight is 343 g/mol. The fourth-order valence-electron chi connectivity index (χ4n) is 1.99. The summed E-state index contributed by atoms with van der Waals surface area (Å²) in [7, 11) is 0. The van der Waals surface area contributed by atoms with Crippen LogP contribution in [0.3, 0.4) is 0 Å². The molecule has 7 heteroatoms. The molecule has 128 valence electrons. The van der Waals surface area contributed by atoms with E-state index in [-0.39, 0.29) is 6.42 Å². The molecule has 0 bridgehead atoms. The third-order valence-corrected chi connectivity index (χ3v) is 3.25. The lowest BCUT2D eigenvalue weighted by Gasteiger charge is -2.27. The maximum absolute atomic E-state index is 11.9. The molecule has 0 saturated carbocycles. The van der Waals surface area contributed by atoms with Gasteiger partial charge in [-0.25, -0.2) is 4.79 Å². The molecule has 0 aliphatic rings. The zero-order chi connectivity index (χ0) is 17.6. The molecule has 0 unspecified atom stereocenters. The van der Waals surface area contributed by atoms with E-state index in [1.807, 2.05) is 0 Å². The average Bonchev–Trinajstić information content (AvgIpc) is 2.37. The number of nitrogens with one attached hydrogen (secondary N) is 1. The van der Waals surface area contributed by atoms with Crippen molar-refractivity contribution in [2.45, 2.75) is 51.3 Å². The van der Waals surface area contributed by atoms with Crippen molar-refractivity contribution in [2.24, 2.45) is 5.73 Å². The summed E-state index contributed by atoms with van der Waals surface area (Å²) in [5.41, 5.74) is 6.17. The standard InChI is InChI=1S/C16H23ClN2O4/c1-16(2,3)23-15(22)19-13(12(18)9-14(20)21)8-10-4-6-11(17)7-5-10/h4-7,12-13H,8-9,18H2,1-3H3,(H,19,22)(H,20,21)/t12-,13+/m1/s1. The lowest BCUT2D eigenvalue weighted by atomic mass is 9.98. The van der Waals surface area contributed by atoms with Gasteiger partial charge < -0.3 is 20.9 Å². The molecule has 1 amide bonds. The van der Waals surface area contributed by atoms with Crippen LogP contribution in [0.5, 0.6) is 0 Å². The second-order valence-electron chi connectivity index (χ2n) is 6.35. The molecule has 1 aromatic carbocycles. The van der Waals surface area contributed by atoms with Crippen LogP contribution in [0.25, 0.3) is 0 Å². The Morgan fingerprint density at radius 2 is 1.87 bits per heavy atom. The second-order valence-corrected chi connectivity index (χ2v) is 6.78. The van der Waals surface area contributed by atoms with Gasteiger partial charge in [0.15, 0.2) is 0 Å². The predicted octanol–water partition coefficient (Wildman–Crippen LogP) is 2.58. The van der Waals surface area contributed by atoms with E-state index < -0.39 is 29.7 Å². The monoisotopic (exact) mass is 342 g/mol. The fraction of sp³-hybridized carbons (Fsp3) is 0.500. The summed E-state index contributed by atoms with van der Waals surface area (Å²) in [6, 6.07) is 5.76. The number of aliphatic carboxylic acids is 1. The van der Waals surface area contributed by atoms with Gasteiger partial charge in [-0.15, -0.1) is 0 Å². The van der Waals surface area contributed by atoms with Gasteiger partial charge in [0.2, 0.25) is 0 Å². The molecule has 0 aliphatic heterocycles. The quantitative estimate of drug-likeness (QED) is 0.737. The van der Waals surface area contributed by atoms with Gasteiger partial charge in [-0.1, -0.05) is 23.7 Å². The van der Waals surface area contributed by atoms with E-state index in [4.69, 9.17) is 27.2 Å². The van der Waals surface area contributed by atoms with Crippen LogP contribution in [-0.2, 0) is 16.0 Å². The van der Waals surface area contributed by atoms with Crippen molar-refractivity contribution < 1.29 is 19.4 Å². The first-order valence-corrected chi connectivity index (χ1v) is 7.66. The number of halogens is 1. The van der Waals surface area contributed by atoms with Crippen LogP contribution in [-0.4, -0.2) is 34.9 Å². The number of benzene rings is 1. The fourth-order valence-corrected chi connectivity index (χ4v) is 2.11. The van der Waals surface area contributed by atoms with Crippen molar-refractivity contribution in [3.05, 3.63) is 34.9 Å². The summed E-state index contributed by atoms with van der Waals surface area (Å²) in [6.07, 6.45) is -0.504. The van der Waals surface area contributed by atoms with Gasteiger partial charge in [-0.2, -0.15) is 0 Å². The lowest BCUT2D eigenvalue weighted by molar-refractivity contribution is -0.137. The number of carboxylic acids is 1. The number of carbonyl (C=O) groups excluding carboxylic acids is 1. The topological polar surface area (TPSA) is 102 Å². The van der Waals surface area contributed by atoms with Crippen molar-refractivity contribution >= 4 is 23.7 Å². The van der Waals surface area contributed by atoms with Crippen LogP contribution >= 0.6 is 11.6 Å². The molecule has 4 N–H and O–H groups in total. The normalized spacial score (nSPS) is 14.0. The Labute approximate surface area is 141 Å². The van der Waals surface area contributed by atoms with E-state index in [1.165, 1.54) is 0 Å². The van der Waals surface area contributed by atoms with Crippen molar-refractivity contribution in [1.29, 1.82) is 0 Å². The molecule has 1 aromatic rings. The van der Waals surface area contributed by atoms with Crippen LogP contribution in [0.4, 0.5) is 4.79 Å². The maximum atomic E-state index is 11.9. The minimum atomic E-state index is -1.02. The highest BCUT2D eigenvalue weighted by molar-refractivity contribution is 6.30. The Morgan fingerprint density at radius 3 is 2.35 bits per heavy atom. The molecular formula is C16H23ClN2O4. The predicted molar refractivity (Wildman–Crippen MR) is 88.5 cm³/mol. The largest absolute Gasteiger partial charge is 0.481 e. The minimum absolute atomic E-state index is 0.256. The highest BCUT2D eigenvalue weighted by atomic mass is 35.5. The molecule has 2 atom stereocenters. The van der Waals surface area contributed by atoms with Gasteiger partial charge in [-0.05, 0) is 44.9 Å². The molecule has 0 saturated heterocycles. The van der Waals surface area contributed by atoms with Crippen LogP contribution in [0, 0.1) is 0 Å². The Kier molecular flexibility index (Phi) is 6.84. The highest BCUT2D eigenvalue weighted by Gasteiger charge is 2.25. The first-order valence-electron chi connectivity index (χ1n) is 7.28. The molecule has 0 aromatic heterocycles. The van der Waals surface area contributed by atoms with Crippen LogP contribution in [0.2, 0.25) is 5.02 Å². The molecular weight excluding hydrogens is 320 g/mol. The van der Waals surface area contributed by atoms with E-state index in [9.17, 15) is 9.59 Å². The number of carbonyl (C=O) groups is 2. The number of hydrogen-bond donors (Lipinski definition) is 3. The summed E-state index contributed by atoms with van der Waals surface area (Å²) in [5.74, 6) is -1.02. The third-order valence-electron chi connectivity index (χ3n) is 3.00. The van der Waals surface area contributed by atoms with Gasteiger partial charge in [-0.3, -0.25) is 4.79 Å². The summed E-state index contributed by atoms with van der Waals surface area (Å²) in [5, 5.41) is 12.2. The Morgan fingerprint density at radius 1 is 1.30 bits per heavy atom. The maximum Gasteiger partial charge on any atom is 0.407 e. The molecule has 0 fully saturated rings. The Hall–Kier alpha value is -1.79. The zero-order valence-corrected chi connectivity index (χ0v) is 14.3. The molecule has 23 heavy (non-hydrogen) atoms. The number of rotatable bonds is 6. The molecule has 0 aliphatic carbocycles. The Bertz CT molecular complexity index is 540. The van der Waals surface area contributed by atoms with Gasteiger partial charge in [0.1, 0.15) is 5.60 Å². The van der Waals surface area contributed by atoms with Gasteiger partial charge in [0, 0.05) is 11.1 Å². The van der Waals surface area contributed by atoms with Gasteiger partial charge in [0.25, 0.3) is 0 Å². The first kappa shape index (κ1) is 19.3. The smallest absolute Gasteiger partial charge is 0.407 e. The van der Waals surface area contributed by atoms with Crippen molar-refractivity contribution in [1.82, 2.24) is 5.32 Å². The van der Waals surface area contributed by atoms with Crippen LogP contribution in [0.15, 0.2) is 24.3 Å². The summed E-state index contributed by atoms with van der Waals surface area (Å²) >= 11 is 5.84. The number of ether oxygens (including phenoxy) is 1. The highest BCUT2D eigenvalue weighted by Crippen LogP contribution is 2.14. The van der Waals surface area contributed by atoms with Crippen molar-refractivity contribution in [3.8, 4) is 0 Å². The number of alkyl carbamates (subject to hydrolysis) is 1. The molecule has 1 rings (SSSR count). The van der Waals surface area contributed by atoms with Crippen LogP contribution in [0.1, 0.15) is 32.8 Å². The van der Waals surface area contributed by atoms with Gasteiger partial charge >= 0.3 is 12.1 Å². The van der Waals surface area contributed by atoms with Crippen molar-refractivity contribution in [3.63, 3.8) is 0 Å². The van der Waals surface area contributed by atoms with E-state index in [1.54, 1.807) is 45.0 Å². The number of hydrogen-bond acceptors (Lipinski definition) is 4. The lowest BCUT2D eigenvalue weighted by Crippen LogP contribution is -2.51. The first-order chi connectivity index (χ1) is 10.6. The van der Waals surface area contributed by atoms with E-state index in [0.29, 0.717) is 11.4 Å². The van der Waals surface area contributed by atoms with Crippen molar-refractivity contribution in [2.75, 3.05) is 0 Å². The number of nitrogens with two attached hydrogens (primary N) is 1. The Balaban J connectivity index is 2.81. The zero-order valence-electron chi connectivity index (χ0n) is 13.5.